The molecule has 0 amide bonds. The summed E-state index contributed by atoms with van der Waals surface area (Å²) in [4.78, 5) is 23.8. The maximum atomic E-state index is 11.1. The van der Waals surface area contributed by atoms with E-state index >= 15 is 0 Å². The maximum Gasteiger partial charge on any atom is 0.335 e. The minimum absolute atomic E-state index is 0.189. The van der Waals surface area contributed by atoms with Gasteiger partial charge in [0.2, 0.25) is 0 Å². The SMILES string of the molecule is COc1ccc(-c2ncnc(-c3cccc(C(=O)O)c3)n2)cc1. The van der Waals surface area contributed by atoms with Gasteiger partial charge < -0.3 is 9.84 Å². The van der Waals surface area contributed by atoms with E-state index in [0.717, 1.165) is 11.3 Å². The summed E-state index contributed by atoms with van der Waals surface area (Å²) in [5.41, 5.74) is 1.64. The van der Waals surface area contributed by atoms with Crippen molar-refractivity contribution in [3.05, 3.63) is 60.4 Å². The fourth-order valence-corrected chi connectivity index (χ4v) is 2.11. The Hall–Kier alpha value is -3.28. The highest BCUT2D eigenvalue weighted by molar-refractivity contribution is 5.89. The highest BCUT2D eigenvalue weighted by atomic mass is 16.5. The average molecular weight is 307 g/mol. The van der Waals surface area contributed by atoms with Crippen LogP contribution >= 0.6 is 0 Å². The van der Waals surface area contributed by atoms with Crippen LogP contribution in [0.5, 0.6) is 5.75 Å². The van der Waals surface area contributed by atoms with Gasteiger partial charge in [-0.05, 0) is 36.4 Å². The van der Waals surface area contributed by atoms with Gasteiger partial charge in [-0.2, -0.15) is 0 Å². The van der Waals surface area contributed by atoms with Crippen LogP contribution in [0.1, 0.15) is 10.4 Å². The first-order valence-electron chi connectivity index (χ1n) is 6.84. The quantitative estimate of drug-likeness (QED) is 0.797. The lowest BCUT2D eigenvalue weighted by Gasteiger charge is -2.05. The van der Waals surface area contributed by atoms with Gasteiger partial charge in [0.15, 0.2) is 11.6 Å². The van der Waals surface area contributed by atoms with Crippen molar-refractivity contribution in [1.29, 1.82) is 0 Å². The zero-order chi connectivity index (χ0) is 16.2. The Morgan fingerprint density at radius 1 is 1.00 bits per heavy atom. The first kappa shape index (κ1) is 14.6. The zero-order valence-corrected chi connectivity index (χ0v) is 12.3. The summed E-state index contributed by atoms with van der Waals surface area (Å²) >= 11 is 0. The van der Waals surface area contributed by atoms with Gasteiger partial charge in [-0.3, -0.25) is 0 Å². The third-order valence-electron chi connectivity index (χ3n) is 3.29. The predicted octanol–water partition coefficient (Wildman–Crippen LogP) is 2.91. The molecule has 0 aliphatic rings. The van der Waals surface area contributed by atoms with E-state index in [9.17, 15) is 4.79 Å². The Morgan fingerprint density at radius 2 is 1.70 bits per heavy atom. The van der Waals surface area contributed by atoms with Crippen LogP contribution in [-0.2, 0) is 0 Å². The predicted molar refractivity (Wildman–Crippen MR) is 84.2 cm³/mol. The van der Waals surface area contributed by atoms with Crippen molar-refractivity contribution in [2.75, 3.05) is 7.11 Å². The van der Waals surface area contributed by atoms with Crippen molar-refractivity contribution < 1.29 is 14.6 Å². The Labute approximate surface area is 132 Å². The number of ether oxygens (including phenoxy) is 1. The molecule has 0 aliphatic carbocycles. The van der Waals surface area contributed by atoms with Crippen LogP contribution in [0.25, 0.3) is 22.8 Å². The van der Waals surface area contributed by atoms with Crippen LogP contribution in [0, 0.1) is 0 Å². The van der Waals surface area contributed by atoms with E-state index in [0.29, 0.717) is 17.2 Å². The number of carbonyl (C=O) groups is 1. The molecular formula is C17H13N3O3. The summed E-state index contributed by atoms with van der Waals surface area (Å²) in [6.45, 7) is 0. The first-order chi connectivity index (χ1) is 11.2. The second-order valence-corrected chi connectivity index (χ2v) is 4.75. The third-order valence-corrected chi connectivity index (χ3v) is 3.29. The number of rotatable bonds is 4. The maximum absolute atomic E-state index is 11.1. The fraction of sp³-hybridized carbons (Fsp3) is 0.0588. The van der Waals surface area contributed by atoms with Crippen LogP contribution in [0.15, 0.2) is 54.9 Å². The Kier molecular flexibility index (Phi) is 3.97. The van der Waals surface area contributed by atoms with Crippen molar-refractivity contribution in [2.45, 2.75) is 0 Å². The highest BCUT2D eigenvalue weighted by Gasteiger charge is 2.09. The summed E-state index contributed by atoms with van der Waals surface area (Å²) in [5, 5.41) is 9.07. The third kappa shape index (κ3) is 3.16. The van der Waals surface area contributed by atoms with Crippen LogP contribution in [0.3, 0.4) is 0 Å². The number of carboxylic acids is 1. The molecule has 114 valence electrons. The molecule has 2 aromatic carbocycles. The molecular weight excluding hydrogens is 294 g/mol. The van der Waals surface area contributed by atoms with Crippen molar-refractivity contribution >= 4 is 5.97 Å². The largest absolute Gasteiger partial charge is 0.497 e. The van der Waals surface area contributed by atoms with Crippen molar-refractivity contribution in [1.82, 2.24) is 15.0 Å². The molecule has 1 N–H and O–H groups in total. The standard InChI is InChI=1S/C17H13N3O3/c1-23-14-7-5-11(6-8-14)15-18-10-19-16(20-15)12-3-2-4-13(9-12)17(21)22/h2-10H,1H3,(H,21,22). The summed E-state index contributed by atoms with van der Waals surface area (Å²) in [5.74, 6) is 0.695. The van der Waals surface area contributed by atoms with Crippen molar-refractivity contribution in [3.8, 4) is 28.5 Å². The first-order valence-corrected chi connectivity index (χ1v) is 6.84. The molecule has 0 spiro atoms. The van der Waals surface area contributed by atoms with E-state index in [1.54, 1.807) is 19.2 Å². The number of aromatic carboxylic acids is 1. The summed E-state index contributed by atoms with van der Waals surface area (Å²) in [6, 6.07) is 13.8. The van der Waals surface area contributed by atoms with E-state index in [4.69, 9.17) is 9.84 Å². The van der Waals surface area contributed by atoms with Gasteiger partial charge in [-0.1, -0.05) is 12.1 Å². The monoisotopic (exact) mass is 307 g/mol. The Morgan fingerprint density at radius 3 is 2.35 bits per heavy atom. The van der Waals surface area contributed by atoms with Crippen LogP contribution in [0.2, 0.25) is 0 Å². The molecule has 6 nitrogen and oxygen atoms in total. The van der Waals surface area contributed by atoms with Crippen LogP contribution in [-0.4, -0.2) is 33.1 Å². The minimum atomic E-state index is -0.990. The molecule has 0 unspecified atom stereocenters. The van der Waals surface area contributed by atoms with E-state index in [-0.39, 0.29) is 5.56 Å². The number of aromatic nitrogens is 3. The zero-order valence-electron chi connectivity index (χ0n) is 12.3. The summed E-state index contributed by atoms with van der Waals surface area (Å²) in [7, 11) is 1.60. The van der Waals surface area contributed by atoms with Gasteiger partial charge in [-0.25, -0.2) is 19.7 Å². The number of hydrogen-bond donors (Lipinski definition) is 1. The molecule has 0 saturated heterocycles. The van der Waals surface area contributed by atoms with Crippen molar-refractivity contribution in [3.63, 3.8) is 0 Å². The molecule has 1 aromatic heterocycles. The number of nitrogens with zero attached hydrogens (tertiary/aromatic N) is 3. The molecule has 0 aliphatic heterocycles. The van der Waals surface area contributed by atoms with Gasteiger partial charge >= 0.3 is 5.97 Å². The summed E-state index contributed by atoms with van der Waals surface area (Å²) in [6.07, 6.45) is 1.41. The van der Waals surface area contributed by atoms with Gasteiger partial charge in [-0.15, -0.1) is 0 Å². The molecule has 1 heterocycles. The molecule has 3 aromatic rings. The smallest absolute Gasteiger partial charge is 0.335 e. The van der Waals surface area contributed by atoms with Gasteiger partial charge in [0.25, 0.3) is 0 Å². The molecule has 3 rings (SSSR count). The number of benzene rings is 2. The topological polar surface area (TPSA) is 85.2 Å². The van der Waals surface area contributed by atoms with E-state index in [1.165, 1.54) is 18.5 Å². The van der Waals surface area contributed by atoms with E-state index in [2.05, 4.69) is 15.0 Å². The molecule has 23 heavy (non-hydrogen) atoms. The lowest BCUT2D eigenvalue weighted by Crippen LogP contribution is -1.98. The number of methoxy groups -OCH3 is 1. The lowest BCUT2D eigenvalue weighted by molar-refractivity contribution is 0.0697. The Balaban J connectivity index is 1.99. The molecule has 0 atom stereocenters. The van der Waals surface area contributed by atoms with Crippen LogP contribution in [0.4, 0.5) is 0 Å². The lowest BCUT2D eigenvalue weighted by atomic mass is 10.1. The molecule has 6 heteroatoms. The molecule has 0 saturated carbocycles. The summed E-state index contributed by atoms with van der Waals surface area (Å²) < 4.78 is 5.12. The average Bonchev–Trinajstić information content (AvgIpc) is 2.62. The van der Waals surface area contributed by atoms with Crippen molar-refractivity contribution in [2.24, 2.45) is 0 Å². The normalized spacial score (nSPS) is 10.3. The van der Waals surface area contributed by atoms with E-state index < -0.39 is 5.97 Å². The minimum Gasteiger partial charge on any atom is -0.497 e. The number of hydrogen-bond acceptors (Lipinski definition) is 5. The highest BCUT2D eigenvalue weighted by Crippen LogP contribution is 2.22. The molecule has 0 fully saturated rings. The number of carboxylic acid groups (broad SMARTS) is 1. The van der Waals surface area contributed by atoms with Gasteiger partial charge in [0.05, 0.1) is 12.7 Å². The second kappa shape index (κ2) is 6.23. The van der Waals surface area contributed by atoms with Crippen LogP contribution < -0.4 is 4.74 Å². The fourth-order valence-electron chi connectivity index (χ4n) is 2.11. The molecule has 0 radical (unpaired) electrons. The van der Waals surface area contributed by atoms with Gasteiger partial charge in [0, 0.05) is 11.1 Å². The van der Waals surface area contributed by atoms with Gasteiger partial charge in [0.1, 0.15) is 12.1 Å². The Bertz CT molecular complexity index is 848. The van der Waals surface area contributed by atoms with E-state index in [1.807, 2.05) is 24.3 Å². The second-order valence-electron chi connectivity index (χ2n) is 4.75. The molecule has 0 bridgehead atoms.